The summed E-state index contributed by atoms with van der Waals surface area (Å²) in [5, 5.41) is 3.67. The van der Waals surface area contributed by atoms with E-state index in [1.54, 1.807) is 12.1 Å². The van der Waals surface area contributed by atoms with Gasteiger partial charge in [-0.05, 0) is 26.0 Å². The van der Waals surface area contributed by atoms with Crippen LogP contribution in [0.1, 0.15) is 19.6 Å². The van der Waals surface area contributed by atoms with Crippen LogP contribution in [-0.4, -0.2) is 11.9 Å². The van der Waals surface area contributed by atoms with Crippen molar-refractivity contribution in [3.8, 4) is 0 Å². The van der Waals surface area contributed by atoms with Gasteiger partial charge in [0.1, 0.15) is 6.10 Å². The van der Waals surface area contributed by atoms with E-state index in [1.807, 2.05) is 13.8 Å². The highest BCUT2D eigenvalue weighted by molar-refractivity contribution is 5.94. The summed E-state index contributed by atoms with van der Waals surface area (Å²) in [6.45, 7) is 3.75. The molecule has 4 heteroatoms. The number of nitrogens with two attached hydrogens (primary N) is 1. The molecule has 1 heterocycles. The zero-order valence-corrected chi connectivity index (χ0v) is 7.15. The maximum Gasteiger partial charge on any atom is 0.206 e. The third-order valence-corrected chi connectivity index (χ3v) is 1.14. The zero-order valence-electron chi connectivity index (χ0n) is 7.15. The highest BCUT2D eigenvalue weighted by Crippen LogP contribution is 1.99. The molecule has 0 atom stereocenters. The quantitative estimate of drug-likeness (QED) is 0.420. The summed E-state index contributed by atoms with van der Waals surface area (Å²) < 4.78 is 4.99. The van der Waals surface area contributed by atoms with Crippen molar-refractivity contribution in [2.45, 2.75) is 20.0 Å². The van der Waals surface area contributed by atoms with Gasteiger partial charge >= 0.3 is 0 Å². The van der Waals surface area contributed by atoms with Crippen LogP contribution in [0.4, 0.5) is 0 Å². The van der Waals surface area contributed by atoms with Gasteiger partial charge in [-0.25, -0.2) is 0 Å². The van der Waals surface area contributed by atoms with Crippen LogP contribution in [0.3, 0.4) is 0 Å². The summed E-state index contributed by atoms with van der Waals surface area (Å²) in [5.41, 5.74) is 5.52. The second kappa shape index (κ2) is 3.80. The minimum absolute atomic E-state index is 0.0264. The number of amidine groups is 1. The molecule has 0 bridgehead atoms. The standard InChI is InChI=1S/C8H12N2O2/c1-6(2)12-10-8(9)7-4-3-5-11-7/h3-6H,1-2H3,(H2,9,10). The SMILES string of the molecule is CC(C)O/N=C(\N)c1ccco1. The van der Waals surface area contributed by atoms with E-state index >= 15 is 0 Å². The van der Waals surface area contributed by atoms with Crippen LogP contribution < -0.4 is 5.73 Å². The molecule has 4 nitrogen and oxygen atoms in total. The second-order valence-electron chi connectivity index (χ2n) is 2.61. The third-order valence-electron chi connectivity index (χ3n) is 1.14. The molecule has 0 aliphatic carbocycles. The minimum atomic E-state index is 0.0264. The van der Waals surface area contributed by atoms with Gasteiger partial charge in [0.2, 0.25) is 5.84 Å². The first-order valence-corrected chi connectivity index (χ1v) is 3.73. The largest absolute Gasteiger partial charge is 0.461 e. The lowest BCUT2D eigenvalue weighted by Gasteiger charge is -2.01. The van der Waals surface area contributed by atoms with E-state index in [9.17, 15) is 0 Å². The van der Waals surface area contributed by atoms with Crippen molar-refractivity contribution in [3.63, 3.8) is 0 Å². The Labute approximate surface area is 71.0 Å². The molecule has 2 N–H and O–H groups in total. The molecule has 66 valence electrons. The monoisotopic (exact) mass is 168 g/mol. The molecule has 0 saturated carbocycles. The highest BCUT2D eigenvalue weighted by atomic mass is 16.6. The van der Waals surface area contributed by atoms with E-state index < -0.39 is 0 Å². The molecule has 1 aromatic rings. The molecular formula is C8H12N2O2. The molecule has 0 saturated heterocycles. The Morgan fingerprint density at radius 2 is 2.42 bits per heavy atom. The average Bonchev–Trinajstić information content (AvgIpc) is 2.51. The predicted molar refractivity (Wildman–Crippen MR) is 45.7 cm³/mol. The summed E-state index contributed by atoms with van der Waals surface area (Å²) in [6, 6.07) is 3.47. The van der Waals surface area contributed by atoms with Crippen molar-refractivity contribution >= 4 is 5.84 Å². The van der Waals surface area contributed by atoms with Gasteiger partial charge in [-0.3, -0.25) is 0 Å². The van der Waals surface area contributed by atoms with E-state index in [0.717, 1.165) is 0 Å². The summed E-state index contributed by atoms with van der Waals surface area (Å²) in [5.74, 6) is 0.782. The van der Waals surface area contributed by atoms with Gasteiger partial charge in [-0.15, -0.1) is 0 Å². The Morgan fingerprint density at radius 3 is 2.92 bits per heavy atom. The van der Waals surface area contributed by atoms with Gasteiger partial charge in [0.05, 0.1) is 6.26 Å². The Balaban J connectivity index is 2.59. The fourth-order valence-corrected chi connectivity index (χ4v) is 0.631. The highest BCUT2D eigenvalue weighted by Gasteiger charge is 2.01. The van der Waals surface area contributed by atoms with Crippen molar-refractivity contribution in [2.75, 3.05) is 0 Å². The predicted octanol–water partition coefficient (Wildman–Crippen LogP) is 1.32. The topological polar surface area (TPSA) is 60.8 Å². The molecule has 0 aliphatic heterocycles. The van der Waals surface area contributed by atoms with Crippen LogP contribution in [0.5, 0.6) is 0 Å². The van der Waals surface area contributed by atoms with Gasteiger partial charge in [0.25, 0.3) is 0 Å². The summed E-state index contributed by atoms with van der Waals surface area (Å²) in [6.07, 6.45) is 1.56. The molecule has 0 radical (unpaired) electrons. The fraction of sp³-hybridized carbons (Fsp3) is 0.375. The lowest BCUT2D eigenvalue weighted by molar-refractivity contribution is 0.0855. The van der Waals surface area contributed by atoms with Crippen LogP contribution in [0.15, 0.2) is 28.0 Å². The van der Waals surface area contributed by atoms with Crippen molar-refractivity contribution < 1.29 is 9.25 Å². The third kappa shape index (κ3) is 2.30. The smallest absolute Gasteiger partial charge is 0.206 e. The molecule has 0 amide bonds. The molecule has 0 aromatic carbocycles. The minimum Gasteiger partial charge on any atom is -0.461 e. The Morgan fingerprint density at radius 1 is 1.67 bits per heavy atom. The summed E-state index contributed by atoms with van der Waals surface area (Å²) in [4.78, 5) is 4.93. The van der Waals surface area contributed by atoms with E-state index in [-0.39, 0.29) is 11.9 Å². The first-order chi connectivity index (χ1) is 5.70. The van der Waals surface area contributed by atoms with E-state index in [0.29, 0.717) is 5.76 Å². The van der Waals surface area contributed by atoms with Gasteiger partial charge in [-0.1, -0.05) is 5.16 Å². The second-order valence-corrected chi connectivity index (χ2v) is 2.61. The van der Waals surface area contributed by atoms with Crippen LogP contribution in [0.25, 0.3) is 0 Å². The molecule has 1 aromatic heterocycles. The van der Waals surface area contributed by atoms with Crippen molar-refractivity contribution in [2.24, 2.45) is 10.9 Å². The maximum absolute atomic E-state index is 5.52. The molecule has 0 fully saturated rings. The van der Waals surface area contributed by atoms with Gasteiger partial charge in [0, 0.05) is 0 Å². The Bertz CT molecular complexity index is 252. The molecule has 0 aliphatic rings. The van der Waals surface area contributed by atoms with E-state index in [2.05, 4.69) is 5.16 Å². The van der Waals surface area contributed by atoms with Gasteiger partial charge < -0.3 is 15.0 Å². The Kier molecular flexibility index (Phi) is 2.74. The van der Waals surface area contributed by atoms with E-state index in [4.69, 9.17) is 15.0 Å². The lowest BCUT2D eigenvalue weighted by Crippen LogP contribution is -2.14. The first-order valence-electron chi connectivity index (χ1n) is 3.73. The molecular weight excluding hydrogens is 156 g/mol. The molecule has 0 spiro atoms. The lowest BCUT2D eigenvalue weighted by atomic mass is 10.4. The number of nitrogens with zero attached hydrogens (tertiary/aromatic N) is 1. The number of furan rings is 1. The number of hydrogen-bond acceptors (Lipinski definition) is 3. The maximum atomic E-state index is 5.52. The normalized spacial score (nSPS) is 12.1. The Hall–Kier alpha value is -1.45. The van der Waals surface area contributed by atoms with Crippen LogP contribution in [0, 0.1) is 0 Å². The fourth-order valence-electron chi connectivity index (χ4n) is 0.631. The zero-order chi connectivity index (χ0) is 8.97. The van der Waals surface area contributed by atoms with Crippen LogP contribution in [0.2, 0.25) is 0 Å². The van der Waals surface area contributed by atoms with E-state index in [1.165, 1.54) is 6.26 Å². The van der Waals surface area contributed by atoms with Crippen molar-refractivity contribution in [3.05, 3.63) is 24.2 Å². The van der Waals surface area contributed by atoms with Crippen molar-refractivity contribution in [1.82, 2.24) is 0 Å². The molecule has 12 heavy (non-hydrogen) atoms. The molecule has 0 unspecified atom stereocenters. The summed E-state index contributed by atoms with van der Waals surface area (Å²) >= 11 is 0. The van der Waals surface area contributed by atoms with Crippen LogP contribution in [-0.2, 0) is 4.84 Å². The van der Waals surface area contributed by atoms with Crippen LogP contribution >= 0.6 is 0 Å². The number of hydrogen-bond donors (Lipinski definition) is 1. The first kappa shape index (κ1) is 8.64. The average molecular weight is 168 g/mol. The van der Waals surface area contributed by atoms with Crippen molar-refractivity contribution in [1.29, 1.82) is 0 Å². The number of rotatable bonds is 3. The summed E-state index contributed by atoms with van der Waals surface area (Å²) in [7, 11) is 0. The van der Waals surface area contributed by atoms with Gasteiger partial charge in [0.15, 0.2) is 5.76 Å². The van der Waals surface area contributed by atoms with Gasteiger partial charge in [-0.2, -0.15) is 0 Å². The molecule has 1 rings (SSSR count). The number of oxime groups is 1.